The van der Waals surface area contributed by atoms with Crippen molar-refractivity contribution < 1.29 is 23.8 Å². The summed E-state index contributed by atoms with van der Waals surface area (Å²) in [5, 5.41) is 1.15. The van der Waals surface area contributed by atoms with Gasteiger partial charge in [0.2, 0.25) is 5.91 Å². The zero-order valence-electron chi connectivity index (χ0n) is 23.4. The number of nitrogens with one attached hydrogen (secondary N) is 1. The van der Waals surface area contributed by atoms with Crippen molar-refractivity contribution in [3.8, 4) is 11.5 Å². The van der Waals surface area contributed by atoms with E-state index in [-0.39, 0.29) is 18.4 Å². The molecule has 0 radical (unpaired) electrons. The van der Waals surface area contributed by atoms with Crippen LogP contribution >= 0.6 is 0 Å². The van der Waals surface area contributed by atoms with Crippen molar-refractivity contribution in [2.45, 2.75) is 19.4 Å². The number of aromatic nitrogens is 1. The molecule has 1 aromatic heterocycles. The van der Waals surface area contributed by atoms with Gasteiger partial charge in [-0.05, 0) is 42.2 Å². The number of H-pyrrole nitrogens is 1. The number of fused-ring (bicyclic) bond motifs is 1. The highest BCUT2D eigenvalue weighted by atomic mass is 16.5. The molecular weight excluding hydrogens is 506 g/mol. The fraction of sp³-hybridized carbons (Fsp3) is 0.312. The van der Waals surface area contributed by atoms with Crippen LogP contribution in [0.25, 0.3) is 10.9 Å². The minimum Gasteiger partial charge on any atom is -0.497 e. The van der Waals surface area contributed by atoms with Crippen LogP contribution in [0.15, 0.2) is 79.0 Å². The molecule has 2 amide bonds. The van der Waals surface area contributed by atoms with Crippen molar-refractivity contribution in [2.24, 2.45) is 0 Å². The quantitative estimate of drug-likeness (QED) is 0.228. The zero-order valence-corrected chi connectivity index (χ0v) is 23.4. The molecule has 0 aliphatic rings. The average Bonchev–Trinajstić information content (AvgIpc) is 3.41. The summed E-state index contributed by atoms with van der Waals surface area (Å²) in [4.78, 5) is 34.3. The lowest BCUT2D eigenvalue weighted by molar-refractivity contribution is -0.132. The van der Waals surface area contributed by atoms with E-state index in [0.717, 1.165) is 22.0 Å². The minimum atomic E-state index is -0.278. The number of carbonyl (C=O) groups is 2. The van der Waals surface area contributed by atoms with Gasteiger partial charge in [-0.3, -0.25) is 9.59 Å². The maximum Gasteiger partial charge on any atom is 0.258 e. The summed E-state index contributed by atoms with van der Waals surface area (Å²) in [5.74, 6) is 0.581. The van der Waals surface area contributed by atoms with Crippen molar-refractivity contribution in [1.29, 1.82) is 0 Å². The fourth-order valence-corrected chi connectivity index (χ4v) is 4.75. The summed E-state index contributed by atoms with van der Waals surface area (Å²) in [6.07, 6.45) is 3.29. The average molecular weight is 544 g/mol. The first-order valence-electron chi connectivity index (χ1n) is 13.4. The molecule has 210 valence electrons. The Balaban J connectivity index is 1.56. The van der Waals surface area contributed by atoms with Gasteiger partial charge in [-0.25, -0.2) is 0 Å². The first-order valence-corrected chi connectivity index (χ1v) is 13.4. The maximum absolute atomic E-state index is 13.8. The van der Waals surface area contributed by atoms with Crippen LogP contribution in [-0.2, 0) is 22.5 Å². The Kier molecular flexibility index (Phi) is 10.2. The number of nitrogens with zero attached hydrogens (tertiary/aromatic N) is 2. The Morgan fingerprint density at radius 2 is 1.62 bits per heavy atom. The normalized spacial score (nSPS) is 10.9. The third kappa shape index (κ3) is 7.21. The van der Waals surface area contributed by atoms with Crippen molar-refractivity contribution in [3.63, 3.8) is 0 Å². The molecule has 0 atom stereocenters. The Morgan fingerprint density at radius 3 is 2.38 bits per heavy atom. The zero-order chi connectivity index (χ0) is 28.3. The molecule has 4 rings (SSSR count). The van der Waals surface area contributed by atoms with Crippen molar-refractivity contribution in [3.05, 3.63) is 95.7 Å². The number of ether oxygens (including phenoxy) is 3. The molecule has 4 aromatic rings. The Morgan fingerprint density at radius 1 is 0.850 bits per heavy atom. The minimum absolute atomic E-state index is 0.0571. The van der Waals surface area contributed by atoms with Gasteiger partial charge < -0.3 is 29.0 Å². The third-order valence-electron chi connectivity index (χ3n) is 6.92. The van der Waals surface area contributed by atoms with E-state index in [0.29, 0.717) is 56.1 Å². The highest BCUT2D eigenvalue weighted by Gasteiger charge is 2.25. The van der Waals surface area contributed by atoms with Crippen LogP contribution < -0.4 is 9.47 Å². The number of carbonyl (C=O) groups excluding carboxylic acids is 2. The molecule has 1 heterocycles. The number of para-hydroxylation sites is 1. The van der Waals surface area contributed by atoms with Crippen LogP contribution in [0.4, 0.5) is 0 Å². The molecule has 0 saturated carbocycles. The van der Waals surface area contributed by atoms with Gasteiger partial charge >= 0.3 is 0 Å². The van der Waals surface area contributed by atoms with E-state index in [9.17, 15) is 9.59 Å². The van der Waals surface area contributed by atoms with Crippen LogP contribution in [0.5, 0.6) is 11.5 Å². The van der Waals surface area contributed by atoms with E-state index in [1.807, 2.05) is 59.6 Å². The topological polar surface area (TPSA) is 84.1 Å². The van der Waals surface area contributed by atoms with Gasteiger partial charge in [-0.2, -0.15) is 0 Å². The Labute approximate surface area is 235 Å². The van der Waals surface area contributed by atoms with Gasteiger partial charge in [0.15, 0.2) is 0 Å². The second-order valence-electron chi connectivity index (χ2n) is 9.55. The van der Waals surface area contributed by atoms with Gasteiger partial charge in [-0.1, -0.05) is 48.5 Å². The van der Waals surface area contributed by atoms with Gasteiger partial charge in [0.05, 0.1) is 19.8 Å². The second kappa shape index (κ2) is 14.2. The number of hydrogen-bond acceptors (Lipinski definition) is 5. The first kappa shape index (κ1) is 28.7. The smallest absolute Gasteiger partial charge is 0.258 e. The van der Waals surface area contributed by atoms with E-state index >= 15 is 0 Å². The Hall–Kier alpha value is -4.30. The number of benzene rings is 3. The lowest BCUT2D eigenvalue weighted by Gasteiger charge is -2.28. The van der Waals surface area contributed by atoms with Crippen molar-refractivity contribution in [1.82, 2.24) is 14.8 Å². The summed E-state index contributed by atoms with van der Waals surface area (Å²) >= 11 is 0. The van der Waals surface area contributed by atoms with Gasteiger partial charge in [0.1, 0.15) is 18.0 Å². The van der Waals surface area contributed by atoms with Crippen LogP contribution in [0.2, 0.25) is 0 Å². The summed E-state index contributed by atoms with van der Waals surface area (Å²) in [7, 11) is 4.69. The highest BCUT2D eigenvalue weighted by Crippen LogP contribution is 2.26. The highest BCUT2D eigenvalue weighted by molar-refractivity contribution is 5.99. The van der Waals surface area contributed by atoms with Crippen LogP contribution in [0.3, 0.4) is 0 Å². The molecule has 0 spiro atoms. The van der Waals surface area contributed by atoms with E-state index in [4.69, 9.17) is 14.2 Å². The number of rotatable bonds is 14. The van der Waals surface area contributed by atoms with Crippen molar-refractivity contribution >= 4 is 22.7 Å². The monoisotopic (exact) mass is 543 g/mol. The summed E-state index contributed by atoms with van der Waals surface area (Å²) in [6.45, 7) is 1.76. The molecule has 8 heteroatoms. The number of aromatic amines is 1. The molecule has 0 bridgehead atoms. The molecule has 1 N–H and O–H groups in total. The molecule has 0 aliphatic carbocycles. The van der Waals surface area contributed by atoms with Crippen molar-refractivity contribution in [2.75, 3.05) is 47.6 Å². The van der Waals surface area contributed by atoms with E-state index in [2.05, 4.69) is 11.1 Å². The number of hydrogen-bond donors (Lipinski definition) is 1. The van der Waals surface area contributed by atoms with E-state index in [1.165, 1.54) is 7.11 Å². The molecule has 0 unspecified atom stereocenters. The third-order valence-corrected chi connectivity index (χ3v) is 6.92. The predicted octanol–water partition coefficient (Wildman–Crippen LogP) is 4.94. The molecule has 0 aliphatic heterocycles. The largest absolute Gasteiger partial charge is 0.497 e. The molecule has 3 aromatic carbocycles. The lowest BCUT2D eigenvalue weighted by atomic mass is 10.1. The molecule has 0 saturated heterocycles. The first-order chi connectivity index (χ1) is 19.5. The Bertz CT molecular complexity index is 1400. The van der Waals surface area contributed by atoms with Crippen LogP contribution in [0, 0.1) is 0 Å². The second-order valence-corrected chi connectivity index (χ2v) is 9.55. The molecular formula is C32H37N3O5. The fourth-order valence-electron chi connectivity index (χ4n) is 4.75. The maximum atomic E-state index is 13.8. The number of amides is 2. The lowest BCUT2D eigenvalue weighted by Crippen LogP contribution is -2.44. The SMILES string of the molecule is COCCCN(CC(=O)N(CCc1c[nH]c2ccccc12)Cc1ccccc1)C(=O)c1ccc(OC)cc1OC. The summed E-state index contributed by atoms with van der Waals surface area (Å²) in [6, 6.07) is 23.1. The predicted molar refractivity (Wildman–Crippen MR) is 156 cm³/mol. The van der Waals surface area contributed by atoms with Crippen LogP contribution in [0.1, 0.15) is 27.9 Å². The molecule has 0 fully saturated rings. The van der Waals surface area contributed by atoms with E-state index in [1.54, 1.807) is 37.3 Å². The standard InChI is InChI=1S/C32H37N3O5/c1-38-19-9-17-35(32(37)28-15-14-26(39-2)20-30(28)40-3)23-31(36)34(22-24-10-5-4-6-11-24)18-16-25-21-33-29-13-8-7-12-27(25)29/h4-8,10-15,20-21,33H,9,16-19,22-23H2,1-3H3. The summed E-state index contributed by atoms with van der Waals surface area (Å²) < 4.78 is 16.0. The van der Waals surface area contributed by atoms with Gasteiger partial charge in [0, 0.05) is 56.5 Å². The van der Waals surface area contributed by atoms with Crippen LogP contribution in [-0.4, -0.2) is 74.2 Å². The van der Waals surface area contributed by atoms with Gasteiger partial charge in [-0.15, -0.1) is 0 Å². The summed E-state index contributed by atoms with van der Waals surface area (Å²) in [5.41, 5.74) is 3.63. The molecule has 8 nitrogen and oxygen atoms in total. The van der Waals surface area contributed by atoms with Gasteiger partial charge in [0.25, 0.3) is 5.91 Å². The molecule has 40 heavy (non-hydrogen) atoms. The number of methoxy groups -OCH3 is 3. The van der Waals surface area contributed by atoms with E-state index < -0.39 is 0 Å².